The molecule has 0 saturated heterocycles. The molecule has 0 spiro atoms. The van der Waals surface area contributed by atoms with Crippen LogP contribution in [0, 0.1) is 5.92 Å². The van der Waals surface area contributed by atoms with Crippen molar-refractivity contribution in [2.24, 2.45) is 5.92 Å². The number of nitrogens with two attached hydrogens (primary N) is 1. The Bertz CT molecular complexity index is 320. The summed E-state index contributed by atoms with van der Waals surface area (Å²) in [5, 5.41) is 0. The highest BCUT2D eigenvalue weighted by atomic mass is 79.9. The number of hydrogen-bond acceptors (Lipinski definition) is 4. The molecule has 0 fully saturated rings. The van der Waals surface area contributed by atoms with Gasteiger partial charge in [0.25, 0.3) is 0 Å². The van der Waals surface area contributed by atoms with Gasteiger partial charge in [0, 0.05) is 0 Å². The summed E-state index contributed by atoms with van der Waals surface area (Å²) >= 11 is 3.31. The van der Waals surface area contributed by atoms with Crippen LogP contribution in [-0.2, 0) is 0 Å². The quantitative estimate of drug-likeness (QED) is 0.896. The normalized spacial score (nSPS) is 12.5. The van der Waals surface area contributed by atoms with Crippen LogP contribution in [0.4, 0.5) is 5.95 Å². The highest BCUT2D eigenvalue weighted by Crippen LogP contribution is 2.22. The summed E-state index contributed by atoms with van der Waals surface area (Å²) in [6, 6.07) is 0. The van der Waals surface area contributed by atoms with Gasteiger partial charge in [-0.05, 0) is 28.3 Å². The van der Waals surface area contributed by atoms with Crippen LogP contribution < -0.4 is 10.5 Å². The van der Waals surface area contributed by atoms with E-state index in [1.165, 1.54) is 0 Å². The van der Waals surface area contributed by atoms with E-state index in [9.17, 15) is 0 Å². The number of nitrogen functional groups attached to an aromatic ring is 1. The Labute approximate surface area is 98.4 Å². The number of ether oxygens (including phenoxy) is 1. The van der Waals surface area contributed by atoms with Gasteiger partial charge in [-0.15, -0.1) is 0 Å². The standard InChI is InChI=1S/C10H16BrN3O/c1-3-4-7(2)6-15-9-8(11)5-13-10(12)14-9/h5,7H,3-4,6H2,1-2H3,(H2,12,13,14). The molecule has 0 aliphatic carbocycles. The molecular formula is C10H16BrN3O. The highest BCUT2D eigenvalue weighted by molar-refractivity contribution is 9.10. The first kappa shape index (κ1) is 12.2. The smallest absolute Gasteiger partial charge is 0.232 e. The van der Waals surface area contributed by atoms with Crippen molar-refractivity contribution in [3.63, 3.8) is 0 Å². The predicted molar refractivity (Wildman–Crippen MR) is 63.7 cm³/mol. The molecule has 1 rings (SSSR count). The Hall–Kier alpha value is -0.840. The lowest BCUT2D eigenvalue weighted by Gasteiger charge is -2.12. The van der Waals surface area contributed by atoms with Crippen molar-refractivity contribution < 1.29 is 4.74 Å². The van der Waals surface area contributed by atoms with Crippen LogP contribution in [0.25, 0.3) is 0 Å². The molecular weight excluding hydrogens is 258 g/mol. The first-order valence-electron chi connectivity index (χ1n) is 5.04. The van der Waals surface area contributed by atoms with E-state index in [0.717, 1.165) is 17.3 Å². The summed E-state index contributed by atoms with van der Waals surface area (Å²) < 4.78 is 6.29. The van der Waals surface area contributed by atoms with Crippen LogP contribution in [-0.4, -0.2) is 16.6 Å². The zero-order valence-corrected chi connectivity index (χ0v) is 10.6. The molecule has 0 aliphatic heterocycles. The fourth-order valence-electron chi connectivity index (χ4n) is 1.26. The second kappa shape index (κ2) is 5.90. The Morgan fingerprint density at radius 3 is 3.00 bits per heavy atom. The molecule has 4 nitrogen and oxygen atoms in total. The third-order valence-electron chi connectivity index (χ3n) is 2.02. The molecule has 1 heterocycles. The van der Waals surface area contributed by atoms with Crippen LogP contribution in [0.1, 0.15) is 26.7 Å². The van der Waals surface area contributed by atoms with Crippen molar-refractivity contribution in [2.75, 3.05) is 12.3 Å². The van der Waals surface area contributed by atoms with Crippen molar-refractivity contribution in [3.05, 3.63) is 10.7 Å². The van der Waals surface area contributed by atoms with E-state index in [-0.39, 0.29) is 5.95 Å². The van der Waals surface area contributed by atoms with Gasteiger partial charge in [-0.3, -0.25) is 0 Å². The monoisotopic (exact) mass is 273 g/mol. The van der Waals surface area contributed by atoms with Gasteiger partial charge in [0.1, 0.15) is 0 Å². The molecule has 0 aromatic carbocycles. The van der Waals surface area contributed by atoms with Crippen molar-refractivity contribution >= 4 is 21.9 Å². The SMILES string of the molecule is CCCC(C)COc1nc(N)ncc1Br. The maximum Gasteiger partial charge on any atom is 0.232 e. The average molecular weight is 274 g/mol. The van der Waals surface area contributed by atoms with Gasteiger partial charge in [-0.25, -0.2) is 4.98 Å². The largest absolute Gasteiger partial charge is 0.476 e. The molecule has 0 saturated carbocycles. The molecule has 1 unspecified atom stereocenters. The van der Waals surface area contributed by atoms with Gasteiger partial charge in [-0.2, -0.15) is 4.98 Å². The second-order valence-corrected chi connectivity index (χ2v) is 4.44. The molecule has 0 bridgehead atoms. The Morgan fingerprint density at radius 1 is 1.60 bits per heavy atom. The lowest BCUT2D eigenvalue weighted by atomic mass is 10.1. The fraction of sp³-hybridized carbons (Fsp3) is 0.600. The molecule has 1 aromatic heterocycles. The minimum absolute atomic E-state index is 0.233. The number of aromatic nitrogens is 2. The number of rotatable bonds is 5. The van der Waals surface area contributed by atoms with Crippen molar-refractivity contribution in [2.45, 2.75) is 26.7 Å². The van der Waals surface area contributed by atoms with Crippen LogP contribution >= 0.6 is 15.9 Å². The van der Waals surface area contributed by atoms with Crippen molar-refractivity contribution in [3.8, 4) is 5.88 Å². The summed E-state index contributed by atoms with van der Waals surface area (Å²) in [6.07, 6.45) is 3.91. The molecule has 0 amide bonds. The minimum Gasteiger partial charge on any atom is -0.476 e. The van der Waals surface area contributed by atoms with Gasteiger partial charge in [0.05, 0.1) is 17.3 Å². The van der Waals surface area contributed by atoms with E-state index < -0.39 is 0 Å². The number of hydrogen-bond donors (Lipinski definition) is 1. The first-order valence-corrected chi connectivity index (χ1v) is 5.83. The third kappa shape index (κ3) is 4.03. The maximum atomic E-state index is 5.55. The van der Waals surface area contributed by atoms with Crippen LogP contribution in [0.5, 0.6) is 5.88 Å². The molecule has 84 valence electrons. The van der Waals surface area contributed by atoms with Crippen LogP contribution in [0.3, 0.4) is 0 Å². The lowest BCUT2D eigenvalue weighted by molar-refractivity contribution is 0.241. The summed E-state index contributed by atoms with van der Waals surface area (Å²) in [5.41, 5.74) is 5.47. The maximum absolute atomic E-state index is 5.55. The fourth-order valence-corrected chi connectivity index (χ4v) is 1.57. The molecule has 1 atom stereocenters. The Morgan fingerprint density at radius 2 is 2.33 bits per heavy atom. The van der Waals surface area contributed by atoms with Gasteiger partial charge in [0.2, 0.25) is 11.8 Å². The summed E-state index contributed by atoms with van der Waals surface area (Å²) in [7, 11) is 0. The summed E-state index contributed by atoms with van der Waals surface area (Å²) in [5.74, 6) is 1.28. The summed E-state index contributed by atoms with van der Waals surface area (Å²) in [4.78, 5) is 7.84. The number of anilines is 1. The van der Waals surface area contributed by atoms with Crippen LogP contribution in [0.15, 0.2) is 10.7 Å². The van der Waals surface area contributed by atoms with Gasteiger partial charge in [-0.1, -0.05) is 20.3 Å². The molecule has 0 radical (unpaired) electrons. The first-order chi connectivity index (χ1) is 7.13. The number of nitrogens with zero attached hydrogens (tertiary/aromatic N) is 2. The minimum atomic E-state index is 0.233. The van der Waals surface area contributed by atoms with E-state index in [0.29, 0.717) is 18.4 Å². The van der Waals surface area contributed by atoms with Crippen molar-refractivity contribution in [1.82, 2.24) is 9.97 Å². The van der Waals surface area contributed by atoms with E-state index in [2.05, 4.69) is 39.7 Å². The summed E-state index contributed by atoms with van der Waals surface area (Å²) in [6.45, 7) is 4.97. The van der Waals surface area contributed by atoms with E-state index in [1.807, 2.05) is 0 Å². The van der Waals surface area contributed by atoms with E-state index in [4.69, 9.17) is 10.5 Å². The zero-order valence-electron chi connectivity index (χ0n) is 9.03. The molecule has 0 aliphatic rings. The predicted octanol–water partition coefficient (Wildman–Crippen LogP) is 2.64. The lowest BCUT2D eigenvalue weighted by Crippen LogP contribution is -2.10. The Kier molecular flexibility index (Phi) is 4.81. The van der Waals surface area contributed by atoms with Gasteiger partial charge in [0.15, 0.2) is 0 Å². The van der Waals surface area contributed by atoms with E-state index in [1.54, 1.807) is 6.20 Å². The zero-order chi connectivity index (χ0) is 11.3. The molecule has 5 heteroatoms. The average Bonchev–Trinajstić information content (AvgIpc) is 2.20. The topological polar surface area (TPSA) is 61.0 Å². The molecule has 2 N–H and O–H groups in total. The van der Waals surface area contributed by atoms with Crippen LogP contribution in [0.2, 0.25) is 0 Å². The molecule has 1 aromatic rings. The van der Waals surface area contributed by atoms with Gasteiger partial charge < -0.3 is 10.5 Å². The number of halogens is 1. The Balaban J connectivity index is 2.53. The van der Waals surface area contributed by atoms with Gasteiger partial charge >= 0.3 is 0 Å². The van der Waals surface area contributed by atoms with Crippen molar-refractivity contribution in [1.29, 1.82) is 0 Å². The molecule has 15 heavy (non-hydrogen) atoms. The highest BCUT2D eigenvalue weighted by Gasteiger charge is 2.07. The third-order valence-corrected chi connectivity index (χ3v) is 2.56. The van der Waals surface area contributed by atoms with E-state index >= 15 is 0 Å². The second-order valence-electron chi connectivity index (χ2n) is 3.59.